The summed E-state index contributed by atoms with van der Waals surface area (Å²) in [5.41, 5.74) is 8.41. The fourth-order valence-electron chi connectivity index (χ4n) is 4.12. The molecule has 0 bridgehead atoms. The molecule has 6 nitrogen and oxygen atoms in total. The Kier molecular flexibility index (Phi) is 5.25. The lowest BCUT2D eigenvalue weighted by Crippen LogP contribution is -2.47. The van der Waals surface area contributed by atoms with Crippen molar-refractivity contribution in [3.8, 4) is 0 Å². The molecule has 2 aliphatic rings. The van der Waals surface area contributed by atoms with Gasteiger partial charge in [-0.15, -0.1) is 0 Å². The van der Waals surface area contributed by atoms with E-state index in [0.717, 1.165) is 49.4 Å². The lowest BCUT2D eigenvalue weighted by Gasteiger charge is -2.38. The number of piperazine rings is 1. The highest BCUT2D eigenvalue weighted by Gasteiger charge is 2.26. The Labute approximate surface area is 165 Å². The van der Waals surface area contributed by atoms with E-state index in [1.165, 1.54) is 24.9 Å². The molecule has 1 aromatic carbocycles. The zero-order valence-corrected chi connectivity index (χ0v) is 16.6. The summed E-state index contributed by atoms with van der Waals surface area (Å²) in [7, 11) is 0. The van der Waals surface area contributed by atoms with Gasteiger partial charge in [0.05, 0.1) is 0 Å². The van der Waals surface area contributed by atoms with Gasteiger partial charge in [0.2, 0.25) is 0 Å². The van der Waals surface area contributed by atoms with Crippen molar-refractivity contribution in [1.82, 2.24) is 9.97 Å². The minimum Gasteiger partial charge on any atom is -0.393 e. The molecule has 0 amide bonds. The summed E-state index contributed by atoms with van der Waals surface area (Å²) in [6, 6.07) is 8.51. The molecule has 1 aromatic heterocycles. The van der Waals surface area contributed by atoms with E-state index in [2.05, 4.69) is 37.7 Å². The first kappa shape index (κ1) is 18.2. The van der Waals surface area contributed by atoms with Crippen LogP contribution in [0.2, 0.25) is 5.02 Å². The van der Waals surface area contributed by atoms with Crippen molar-refractivity contribution < 1.29 is 0 Å². The second-order valence-electron chi connectivity index (χ2n) is 7.43. The fourth-order valence-corrected chi connectivity index (χ4v) is 4.30. The van der Waals surface area contributed by atoms with Gasteiger partial charge in [0.1, 0.15) is 12.0 Å². The maximum absolute atomic E-state index is 6.53. The Balaban J connectivity index is 1.49. The number of nitrogens with zero attached hydrogens (tertiary/aromatic N) is 5. The number of anilines is 4. The van der Waals surface area contributed by atoms with Crippen LogP contribution in [0.15, 0.2) is 30.6 Å². The van der Waals surface area contributed by atoms with Crippen LogP contribution >= 0.6 is 11.6 Å². The van der Waals surface area contributed by atoms with Gasteiger partial charge in [0, 0.05) is 49.5 Å². The molecular weight excluding hydrogens is 360 g/mol. The Bertz CT molecular complexity index is 790. The molecule has 2 aromatic rings. The van der Waals surface area contributed by atoms with Crippen molar-refractivity contribution in [1.29, 1.82) is 0 Å². The highest BCUT2D eigenvalue weighted by atomic mass is 35.5. The second-order valence-corrected chi connectivity index (χ2v) is 7.86. The standard InChI is InChI=1S/C20H27ClN6/c1-15-5-2-3-8-27(15)20-18(22)19(23-14-24-20)26-11-9-25(10-12-26)17-7-4-6-16(21)13-17/h4,6-7,13-15H,2-3,5,8-12,22H2,1H3. The van der Waals surface area contributed by atoms with Crippen LogP contribution in [0, 0.1) is 0 Å². The van der Waals surface area contributed by atoms with E-state index in [0.29, 0.717) is 11.7 Å². The number of nitrogen functional groups attached to an aromatic ring is 1. The zero-order valence-electron chi connectivity index (χ0n) is 15.8. The maximum Gasteiger partial charge on any atom is 0.157 e. The summed E-state index contributed by atoms with van der Waals surface area (Å²) in [4.78, 5) is 16.0. The van der Waals surface area contributed by atoms with E-state index < -0.39 is 0 Å². The number of halogens is 1. The Morgan fingerprint density at radius 1 is 1.00 bits per heavy atom. The van der Waals surface area contributed by atoms with Gasteiger partial charge in [-0.1, -0.05) is 17.7 Å². The average Bonchev–Trinajstić information content (AvgIpc) is 2.69. The monoisotopic (exact) mass is 386 g/mol. The first-order chi connectivity index (χ1) is 13.1. The largest absolute Gasteiger partial charge is 0.393 e. The Morgan fingerprint density at radius 3 is 2.48 bits per heavy atom. The zero-order chi connectivity index (χ0) is 18.8. The molecule has 3 heterocycles. The average molecular weight is 387 g/mol. The van der Waals surface area contributed by atoms with Crippen LogP contribution in [-0.2, 0) is 0 Å². The lowest BCUT2D eigenvalue weighted by molar-refractivity contribution is 0.481. The second kappa shape index (κ2) is 7.80. The van der Waals surface area contributed by atoms with Crippen LogP contribution in [0.5, 0.6) is 0 Å². The van der Waals surface area contributed by atoms with E-state index in [1.807, 2.05) is 18.2 Å². The smallest absolute Gasteiger partial charge is 0.157 e. The third-order valence-electron chi connectivity index (χ3n) is 5.67. The summed E-state index contributed by atoms with van der Waals surface area (Å²) in [5, 5.41) is 0.773. The number of rotatable bonds is 3. The van der Waals surface area contributed by atoms with Crippen LogP contribution in [0.25, 0.3) is 0 Å². The van der Waals surface area contributed by atoms with Crippen LogP contribution < -0.4 is 20.4 Å². The van der Waals surface area contributed by atoms with E-state index in [9.17, 15) is 0 Å². The molecular formula is C20H27ClN6. The lowest BCUT2D eigenvalue weighted by atomic mass is 10.0. The van der Waals surface area contributed by atoms with Crippen molar-refractivity contribution in [3.05, 3.63) is 35.6 Å². The minimum atomic E-state index is 0.475. The number of hydrogen-bond donors (Lipinski definition) is 1. The predicted octanol–water partition coefficient (Wildman–Crippen LogP) is 3.42. The van der Waals surface area contributed by atoms with Crippen molar-refractivity contribution in [2.24, 2.45) is 0 Å². The van der Waals surface area contributed by atoms with E-state index >= 15 is 0 Å². The van der Waals surface area contributed by atoms with Gasteiger partial charge in [-0.05, 0) is 44.4 Å². The van der Waals surface area contributed by atoms with Crippen LogP contribution in [-0.4, -0.2) is 48.7 Å². The molecule has 0 spiro atoms. The quantitative estimate of drug-likeness (QED) is 0.872. The molecule has 27 heavy (non-hydrogen) atoms. The molecule has 2 N–H and O–H groups in total. The van der Waals surface area contributed by atoms with Crippen LogP contribution in [0.4, 0.5) is 23.0 Å². The number of aromatic nitrogens is 2. The molecule has 2 fully saturated rings. The number of benzene rings is 1. The highest BCUT2D eigenvalue weighted by molar-refractivity contribution is 6.30. The van der Waals surface area contributed by atoms with E-state index in [4.69, 9.17) is 17.3 Å². The van der Waals surface area contributed by atoms with Crippen molar-refractivity contribution in [2.45, 2.75) is 32.2 Å². The molecule has 144 valence electrons. The number of hydrogen-bond acceptors (Lipinski definition) is 6. The highest BCUT2D eigenvalue weighted by Crippen LogP contribution is 2.33. The molecule has 1 unspecified atom stereocenters. The third kappa shape index (κ3) is 3.76. The summed E-state index contributed by atoms with van der Waals surface area (Å²) < 4.78 is 0. The molecule has 0 aliphatic carbocycles. The third-order valence-corrected chi connectivity index (χ3v) is 5.90. The molecule has 2 saturated heterocycles. The molecule has 1 atom stereocenters. The fraction of sp³-hybridized carbons (Fsp3) is 0.500. The molecule has 2 aliphatic heterocycles. The van der Waals surface area contributed by atoms with Crippen molar-refractivity contribution in [2.75, 3.05) is 53.2 Å². The number of nitrogens with two attached hydrogens (primary N) is 1. The summed E-state index contributed by atoms with van der Waals surface area (Å²) in [6.45, 7) is 6.86. The van der Waals surface area contributed by atoms with Crippen molar-refractivity contribution in [3.63, 3.8) is 0 Å². The van der Waals surface area contributed by atoms with Gasteiger partial charge in [-0.3, -0.25) is 0 Å². The summed E-state index contributed by atoms with van der Waals surface area (Å²) >= 11 is 6.14. The van der Waals surface area contributed by atoms with Crippen LogP contribution in [0.3, 0.4) is 0 Å². The predicted molar refractivity (Wildman–Crippen MR) is 113 cm³/mol. The van der Waals surface area contributed by atoms with E-state index in [-0.39, 0.29) is 0 Å². The first-order valence-corrected chi connectivity index (χ1v) is 10.1. The topological polar surface area (TPSA) is 61.5 Å². The number of piperidine rings is 1. The molecule has 0 radical (unpaired) electrons. The maximum atomic E-state index is 6.53. The SMILES string of the molecule is CC1CCCCN1c1ncnc(N2CCN(c3cccc(Cl)c3)CC2)c1N. The molecule has 7 heteroatoms. The molecule has 0 saturated carbocycles. The van der Waals surface area contributed by atoms with Gasteiger partial charge >= 0.3 is 0 Å². The summed E-state index contributed by atoms with van der Waals surface area (Å²) in [5.74, 6) is 1.76. The van der Waals surface area contributed by atoms with E-state index in [1.54, 1.807) is 6.33 Å². The van der Waals surface area contributed by atoms with Gasteiger partial charge < -0.3 is 20.4 Å². The van der Waals surface area contributed by atoms with Gasteiger partial charge in [-0.25, -0.2) is 9.97 Å². The van der Waals surface area contributed by atoms with Crippen LogP contribution in [0.1, 0.15) is 26.2 Å². The Hall–Kier alpha value is -2.21. The first-order valence-electron chi connectivity index (χ1n) is 9.76. The van der Waals surface area contributed by atoms with Gasteiger partial charge in [0.15, 0.2) is 11.6 Å². The minimum absolute atomic E-state index is 0.475. The van der Waals surface area contributed by atoms with Gasteiger partial charge in [0.25, 0.3) is 0 Å². The molecule has 4 rings (SSSR count). The summed E-state index contributed by atoms with van der Waals surface area (Å²) in [6.07, 6.45) is 5.32. The Morgan fingerprint density at radius 2 is 1.74 bits per heavy atom. The van der Waals surface area contributed by atoms with Crippen molar-refractivity contribution >= 4 is 34.6 Å². The normalized spacial score (nSPS) is 20.8. The van der Waals surface area contributed by atoms with Gasteiger partial charge in [-0.2, -0.15) is 0 Å².